The van der Waals surface area contributed by atoms with Crippen LogP contribution >= 0.6 is 15.6 Å². The number of phosphoric acid groups is 2. The molecule has 0 amide bonds. The lowest BCUT2D eigenvalue weighted by Crippen LogP contribution is -2.27. The summed E-state index contributed by atoms with van der Waals surface area (Å²) >= 11 is 0. The Morgan fingerprint density at radius 3 is 2.32 bits per heavy atom. The van der Waals surface area contributed by atoms with E-state index in [2.05, 4.69) is 14.2 Å². The van der Waals surface area contributed by atoms with Gasteiger partial charge in [0.25, 0.3) is 0 Å². The number of hydrogen-bond donors (Lipinski definition) is 4. The molecule has 0 spiro atoms. The van der Waals surface area contributed by atoms with Crippen molar-refractivity contribution in [3.05, 3.63) is 35.9 Å². The number of hydrogen-bond acceptors (Lipinski definition) is 5. The second-order valence-electron chi connectivity index (χ2n) is 3.65. The van der Waals surface area contributed by atoms with E-state index in [1.165, 1.54) is 6.92 Å². The van der Waals surface area contributed by atoms with E-state index in [-0.39, 0.29) is 0 Å². The zero-order chi connectivity index (χ0) is 14.5. The molecule has 4 N–H and O–H groups in total. The average Bonchev–Trinajstić information content (AvgIpc) is 2.23. The molecule has 0 heterocycles. The van der Waals surface area contributed by atoms with Crippen molar-refractivity contribution >= 4 is 15.6 Å². The topological polar surface area (TPSA) is 125 Å². The van der Waals surface area contributed by atoms with Gasteiger partial charge in [0.2, 0.25) is 0 Å². The van der Waals surface area contributed by atoms with Crippen molar-refractivity contribution in [2.24, 2.45) is 0 Å². The van der Waals surface area contributed by atoms with Crippen molar-refractivity contribution in [3.8, 4) is 0 Å². The maximum atomic E-state index is 11.2. The molecule has 0 aliphatic rings. The van der Waals surface area contributed by atoms with Gasteiger partial charge in [-0.2, -0.15) is 4.31 Å². The average molecular weight is 311 g/mol. The molecule has 0 saturated carbocycles. The largest absolute Gasteiger partial charge is 0.482 e. The van der Waals surface area contributed by atoms with Gasteiger partial charge in [-0.1, -0.05) is 30.3 Å². The van der Waals surface area contributed by atoms with Crippen LogP contribution in [0.4, 0.5) is 0 Å². The van der Waals surface area contributed by atoms with Crippen LogP contribution in [0.3, 0.4) is 0 Å². The Labute approximate surface area is 110 Å². The van der Waals surface area contributed by atoms with E-state index in [0.717, 1.165) is 5.56 Å². The van der Waals surface area contributed by atoms with Crippen molar-refractivity contribution < 1.29 is 32.6 Å². The summed E-state index contributed by atoms with van der Waals surface area (Å²) in [5, 5.41) is 2.75. The van der Waals surface area contributed by atoms with Crippen LogP contribution in [-0.2, 0) is 24.5 Å². The first-order valence-corrected chi connectivity index (χ1v) is 8.26. The Morgan fingerprint density at radius 2 is 1.79 bits per heavy atom. The first kappa shape index (κ1) is 16.5. The van der Waals surface area contributed by atoms with Gasteiger partial charge in [0.1, 0.15) is 6.23 Å². The second-order valence-corrected chi connectivity index (χ2v) is 6.44. The lowest BCUT2D eigenvalue weighted by atomic mass is 10.2. The standard InChI is InChI=1S/C9H15NO7P2/c1-8(10-7-9-5-3-2-4-6-9)16-19(14,15)17-18(11,12)13/h2-6,8,10H,7H2,1H3,(H,14,15)(H2,11,12,13). The summed E-state index contributed by atoms with van der Waals surface area (Å²) in [5.74, 6) is 0. The van der Waals surface area contributed by atoms with Gasteiger partial charge < -0.3 is 14.7 Å². The molecule has 0 fully saturated rings. The lowest BCUT2D eigenvalue weighted by molar-refractivity contribution is 0.115. The molecule has 2 atom stereocenters. The van der Waals surface area contributed by atoms with E-state index in [4.69, 9.17) is 14.7 Å². The van der Waals surface area contributed by atoms with E-state index in [0.29, 0.717) is 6.54 Å². The second kappa shape index (κ2) is 6.74. The molecule has 0 aliphatic carbocycles. The van der Waals surface area contributed by atoms with Crippen LogP contribution < -0.4 is 5.32 Å². The highest BCUT2D eigenvalue weighted by Gasteiger charge is 2.33. The summed E-state index contributed by atoms with van der Waals surface area (Å²) in [6, 6.07) is 9.18. The Bertz CT molecular complexity index is 489. The molecule has 0 aromatic heterocycles. The third-order valence-electron chi connectivity index (χ3n) is 1.94. The monoisotopic (exact) mass is 311 g/mol. The predicted molar refractivity (Wildman–Crippen MR) is 66.8 cm³/mol. The maximum absolute atomic E-state index is 11.2. The van der Waals surface area contributed by atoms with Crippen LogP contribution in [0.2, 0.25) is 0 Å². The third-order valence-corrected chi connectivity index (χ3v) is 4.20. The number of rotatable bonds is 7. The molecular weight excluding hydrogens is 296 g/mol. The van der Waals surface area contributed by atoms with Crippen LogP contribution in [0.5, 0.6) is 0 Å². The van der Waals surface area contributed by atoms with Gasteiger partial charge in [0.05, 0.1) is 0 Å². The molecule has 108 valence electrons. The zero-order valence-corrected chi connectivity index (χ0v) is 11.8. The Hall–Kier alpha value is -0.560. The molecule has 1 aromatic carbocycles. The summed E-state index contributed by atoms with van der Waals surface area (Å²) in [4.78, 5) is 26.0. The maximum Gasteiger partial charge on any atom is 0.482 e. The fourth-order valence-electron chi connectivity index (χ4n) is 1.25. The molecule has 1 rings (SSSR count). The van der Waals surface area contributed by atoms with Crippen LogP contribution in [0, 0.1) is 0 Å². The minimum atomic E-state index is -5.09. The van der Waals surface area contributed by atoms with Crippen LogP contribution in [-0.4, -0.2) is 20.9 Å². The van der Waals surface area contributed by atoms with Crippen LogP contribution in [0.15, 0.2) is 30.3 Å². The third kappa shape index (κ3) is 7.57. The minimum absolute atomic E-state index is 0.359. The molecular formula is C9H15NO7P2. The highest BCUT2D eigenvalue weighted by molar-refractivity contribution is 7.60. The summed E-state index contributed by atoms with van der Waals surface area (Å²) in [6.07, 6.45) is -0.928. The fourth-order valence-corrected chi connectivity index (χ4v) is 2.95. The number of phosphoric ester groups is 1. The van der Waals surface area contributed by atoms with Crippen molar-refractivity contribution in [1.82, 2.24) is 5.32 Å². The minimum Gasteiger partial charge on any atom is -0.302 e. The molecule has 0 saturated heterocycles. The molecule has 19 heavy (non-hydrogen) atoms. The van der Waals surface area contributed by atoms with Gasteiger partial charge in [-0.25, -0.2) is 9.13 Å². The molecule has 0 bridgehead atoms. The zero-order valence-electron chi connectivity index (χ0n) is 10.0. The van der Waals surface area contributed by atoms with E-state index in [1.807, 2.05) is 30.3 Å². The molecule has 10 heteroatoms. The Morgan fingerprint density at radius 1 is 1.21 bits per heavy atom. The first-order valence-electron chi connectivity index (χ1n) is 5.23. The first-order chi connectivity index (χ1) is 8.68. The smallest absolute Gasteiger partial charge is 0.302 e. The van der Waals surface area contributed by atoms with Crippen molar-refractivity contribution in [2.75, 3.05) is 0 Å². The number of benzene rings is 1. The van der Waals surface area contributed by atoms with Gasteiger partial charge in [0, 0.05) is 6.54 Å². The quantitative estimate of drug-likeness (QED) is 0.439. The van der Waals surface area contributed by atoms with Crippen molar-refractivity contribution in [3.63, 3.8) is 0 Å². The van der Waals surface area contributed by atoms with Gasteiger partial charge in [0.15, 0.2) is 0 Å². The van der Waals surface area contributed by atoms with E-state index >= 15 is 0 Å². The van der Waals surface area contributed by atoms with E-state index < -0.39 is 21.9 Å². The highest BCUT2D eigenvalue weighted by atomic mass is 31.3. The lowest BCUT2D eigenvalue weighted by Gasteiger charge is -2.18. The molecule has 2 unspecified atom stereocenters. The molecule has 0 aliphatic heterocycles. The van der Waals surface area contributed by atoms with E-state index in [9.17, 15) is 9.13 Å². The summed E-state index contributed by atoms with van der Waals surface area (Å²) < 4.78 is 29.9. The van der Waals surface area contributed by atoms with Gasteiger partial charge >= 0.3 is 15.6 Å². The Kier molecular flexibility index (Phi) is 5.85. The molecule has 0 radical (unpaired) electrons. The predicted octanol–water partition coefficient (Wildman–Crippen LogP) is 1.35. The SMILES string of the molecule is CC(NCc1ccccc1)OP(=O)(O)OP(=O)(O)O. The van der Waals surface area contributed by atoms with Crippen LogP contribution in [0.1, 0.15) is 12.5 Å². The summed E-state index contributed by atoms with van der Waals surface area (Å²) in [7, 11) is -9.90. The normalized spacial score (nSPS) is 16.8. The molecule has 8 nitrogen and oxygen atoms in total. The highest BCUT2D eigenvalue weighted by Crippen LogP contribution is 2.57. The Balaban J connectivity index is 2.45. The number of nitrogens with one attached hydrogen (secondary N) is 1. The van der Waals surface area contributed by atoms with E-state index in [1.54, 1.807) is 0 Å². The summed E-state index contributed by atoms with van der Waals surface area (Å²) in [5.41, 5.74) is 0.918. The summed E-state index contributed by atoms with van der Waals surface area (Å²) in [6.45, 7) is 1.77. The van der Waals surface area contributed by atoms with Crippen molar-refractivity contribution in [2.45, 2.75) is 19.7 Å². The van der Waals surface area contributed by atoms with Gasteiger partial charge in [-0.15, -0.1) is 0 Å². The van der Waals surface area contributed by atoms with Crippen molar-refractivity contribution in [1.29, 1.82) is 0 Å². The van der Waals surface area contributed by atoms with Gasteiger partial charge in [-0.3, -0.25) is 9.84 Å². The molecule has 1 aromatic rings. The van der Waals surface area contributed by atoms with Crippen LogP contribution in [0.25, 0.3) is 0 Å². The van der Waals surface area contributed by atoms with Gasteiger partial charge in [-0.05, 0) is 12.5 Å². The fraction of sp³-hybridized carbons (Fsp3) is 0.333.